The second-order valence-electron chi connectivity index (χ2n) is 4.87. The van der Waals surface area contributed by atoms with E-state index in [4.69, 9.17) is 37.4 Å². The maximum atomic E-state index is 12.4. The van der Waals surface area contributed by atoms with Crippen LogP contribution in [-0.4, -0.2) is 27.2 Å². The second kappa shape index (κ2) is 8.13. The molecule has 0 aliphatic carbocycles. The molecule has 2 aromatic rings. The average molecular weight is 370 g/mol. The molecule has 0 unspecified atom stereocenters. The van der Waals surface area contributed by atoms with Crippen molar-refractivity contribution in [3.63, 3.8) is 0 Å². The fourth-order valence-electron chi connectivity index (χ4n) is 2.21. The van der Waals surface area contributed by atoms with Crippen molar-refractivity contribution in [2.75, 3.05) is 26.6 Å². The highest BCUT2D eigenvalue weighted by Crippen LogP contribution is 2.36. The Bertz CT molecular complexity index is 750. The standard InChI is InChI=1S/C17H17Cl2NO4/c1-22-14-5-4-11(18)6-10(14)7-17(21)20-13-9-15(23-2)12(19)8-16(13)24-3/h4-6,8-9H,7H2,1-3H3,(H,20,21). The predicted octanol–water partition coefficient (Wildman–Crippen LogP) is 4.20. The molecule has 1 amide bonds. The smallest absolute Gasteiger partial charge is 0.229 e. The highest BCUT2D eigenvalue weighted by atomic mass is 35.5. The van der Waals surface area contributed by atoms with Crippen molar-refractivity contribution in [1.29, 1.82) is 0 Å². The van der Waals surface area contributed by atoms with Crippen molar-refractivity contribution in [2.45, 2.75) is 6.42 Å². The van der Waals surface area contributed by atoms with Gasteiger partial charge >= 0.3 is 0 Å². The third kappa shape index (κ3) is 4.24. The minimum atomic E-state index is -0.252. The van der Waals surface area contributed by atoms with Crippen LogP contribution in [0.4, 0.5) is 5.69 Å². The van der Waals surface area contributed by atoms with Crippen LogP contribution in [0, 0.1) is 0 Å². The minimum absolute atomic E-state index is 0.0951. The van der Waals surface area contributed by atoms with Gasteiger partial charge < -0.3 is 19.5 Å². The van der Waals surface area contributed by atoms with E-state index in [2.05, 4.69) is 5.32 Å². The zero-order valence-corrected chi connectivity index (χ0v) is 15.0. The van der Waals surface area contributed by atoms with E-state index in [0.717, 1.165) is 0 Å². The zero-order valence-electron chi connectivity index (χ0n) is 13.5. The van der Waals surface area contributed by atoms with Gasteiger partial charge in [0.1, 0.15) is 17.2 Å². The van der Waals surface area contributed by atoms with Crippen LogP contribution >= 0.6 is 23.2 Å². The topological polar surface area (TPSA) is 56.8 Å². The molecule has 0 saturated heterocycles. The molecule has 0 aliphatic heterocycles. The Morgan fingerprint density at radius 3 is 2.25 bits per heavy atom. The molecule has 0 heterocycles. The fraction of sp³-hybridized carbons (Fsp3) is 0.235. The number of amides is 1. The number of hydrogen-bond acceptors (Lipinski definition) is 4. The Kier molecular flexibility index (Phi) is 6.17. The van der Waals surface area contributed by atoms with E-state index in [9.17, 15) is 4.79 Å². The van der Waals surface area contributed by atoms with E-state index in [1.807, 2.05) is 0 Å². The lowest BCUT2D eigenvalue weighted by Crippen LogP contribution is -2.15. The number of hydrogen-bond donors (Lipinski definition) is 1. The third-order valence-corrected chi connectivity index (χ3v) is 3.87. The summed E-state index contributed by atoms with van der Waals surface area (Å²) in [6.45, 7) is 0. The summed E-state index contributed by atoms with van der Waals surface area (Å²) < 4.78 is 15.6. The molecule has 0 radical (unpaired) electrons. The first-order valence-corrected chi connectivity index (χ1v) is 7.77. The van der Waals surface area contributed by atoms with Gasteiger partial charge in [-0.25, -0.2) is 0 Å². The number of ether oxygens (including phenoxy) is 3. The lowest BCUT2D eigenvalue weighted by atomic mass is 10.1. The van der Waals surface area contributed by atoms with Gasteiger partial charge in [0.25, 0.3) is 0 Å². The van der Waals surface area contributed by atoms with E-state index in [1.54, 1.807) is 30.3 Å². The Morgan fingerprint density at radius 1 is 0.958 bits per heavy atom. The SMILES string of the molecule is COc1cc(NC(=O)Cc2cc(Cl)ccc2OC)c(OC)cc1Cl. The van der Waals surface area contributed by atoms with Crippen LogP contribution < -0.4 is 19.5 Å². The lowest BCUT2D eigenvalue weighted by molar-refractivity contribution is -0.115. The van der Waals surface area contributed by atoms with Crippen LogP contribution in [0.3, 0.4) is 0 Å². The molecular weight excluding hydrogens is 353 g/mol. The summed E-state index contributed by atoms with van der Waals surface area (Å²) in [5.41, 5.74) is 1.15. The molecule has 0 aromatic heterocycles. The number of nitrogens with one attached hydrogen (secondary N) is 1. The monoisotopic (exact) mass is 369 g/mol. The van der Waals surface area contributed by atoms with E-state index in [0.29, 0.717) is 38.5 Å². The molecule has 128 valence electrons. The second-order valence-corrected chi connectivity index (χ2v) is 5.71. The molecule has 0 spiro atoms. The summed E-state index contributed by atoms with van der Waals surface area (Å²) in [5.74, 6) is 1.22. The van der Waals surface area contributed by atoms with Gasteiger partial charge in [-0.15, -0.1) is 0 Å². The van der Waals surface area contributed by atoms with Crippen molar-refractivity contribution in [2.24, 2.45) is 0 Å². The molecule has 1 N–H and O–H groups in total. The first kappa shape index (κ1) is 18.2. The molecule has 5 nitrogen and oxygen atoms in total. The van der Waals surface area contributed by atoms with Crippen LogP contribution in [0.2, 0.25) is 10.0 Å². The molecule has 0 saturated carbocycles. The van der Waals surface area contributed by atoms with Crippen LogP contribution in [0.15, 0.2) is 30.3 Å². The average Bonchev–Trinajstić information content (AvgIpc) is 2.56. The van der Waals surface area contributed by atoms with Gasteiger partial charge in [-0.1, -0.05) is 23.2 Å². The Labute approximate surface area is 150 Å². The maximum Gasteiger partial charge on any atom is 0.229 e. The molecular formula is C17H17Cl2NO4. The van der Waals surface area contributed by atoms with Gasteiger partial charge in [0, 0.05) is 22.7 Å². The Hall–Kier alpha value is -2.11. The van der Waals surface area contributed by atoms with Gasteiger partial charge in [-0.3, -0.25) is 4.79 Å². The van der Waals surface area contributed by atoms with Crippen LogP contribution in [0.1, 0.15) is 5.56 Å². The van der Waals surface area contributed by atoms with Crippen LogP contribution in [0.5, 0.6) is 17.2 Å². The van der Waals surface area contributed by atoms with E-state index in [-0.39, 0.29) is 12.3 Å². The van der Waals surface area contributed by atoms with Crippen molar-refractivity contribution in [1.82, 2.24) is 0 Å². The lowest BCUT2D eigenvalue weighted by Gasteiger charge is -2.14. The first-order valence-electron chi connectivity index (χ1n) is 7.02. The summed E-state index contributed by atoms with van der Waals surface area (Å²) in [5, 5.41) is 3.71. The number of carbonyl (C=O) groups excluding carboxylic acids is 1. The Morgan fingerprint density at radius 2 is 1.62 bits per heavy atom. The summed E-state index contributed by atoms with van der Waals surface area (Å²) in [6, 6.07) is 8.30. The predicted molar refractivity (Wildman–Crippen MR) is 94.9 cm³/mol. The summed E-state index contributed by atoms with van der Waals surface area (Å²) in [7, 11) is 4.53. The van der Waals surface area contributed by atoms with Crippen molar-refractivity contribution >= 4 is 34.8 Å². The van der Waals surface area contributed by atoms with E-state index < -0.39 is 0 Å². The fourth-order valence-corrected chi connectivity index (χ4v) is 2.64. The van der Waals surface area contributed by atoms with Gasteiger partial charge in [-0.2, -0.15) is 0 Å². The number of anilines is 1. The van der Waals surface area contributed by atoms with Gasteiger partial charge in [0.05, 0.1) is 38.5 Å². The molecule has 24 heavy (non-hydrogen) atoms. The summed E-state index contributed by atoms with van der Waals surface area (Å²) in [4.78, 5) is 12.4. The maximum absolute atomic E-state index is 12.4. The first-order chi connectivity index (χ1) is 11.5. The quantitative estimate of drug-likeness (QED) is 0.828. The number of methoxy groups -OCH3 is 3. The highest BCUT2D eigenvalue weighted by Gasteiger charge is 2.14. The number of halogens is 2. The number of carbonyl (C=O) groups is 1. The van der Waals surface area contributed by atoms with Gasteiger partial charge in [-0.05, 0) is 18.2 Å². The zero-order chi connectivity index (χ0) is 17.7. The van der Waals surface area contributed by atoms with Crippen molar-refractivity contribution in [3.8, 4) is 17.2 Å². The van der Waals surface area contributed by atoms with Gasteiger partial charge in [0.15, 0.2) is 0 Å². The van der Waals surface area contributed by atoms with E-state index in [1.165, 1.54) is 21.3 Å². The van der Waals surface area contributed by atoms with Gasteiger partial charge in [0.2, 0.25) is 5.91 Å². The minimum Gasteiger partial charge on any atom is -0.496 e. The molecule has 7 heteroatoms. The Balaban J connectivity index is 2.22. The molecule has 0 bridgehead atoms. The van der Waals surface area contributed by atoms with E-state index >= 15 is 0 Å². The normalized spacial score (nSPS) is 10.2. The third-order valence-electron chi connectivity index (χ3n) is 3.34. The molecule has 0 aliphatic rings. The molecule has 0 fully saturated rings. The van der Waals surface area contributed by atoms with Crippen LogP contribution in [0.25, 0.3) is 0 Å². The molecule has 0 atom stereocenters. The molecule has 2 aromatic carbocycles. The van der Waals surface area contributed by atoms with Crippen LogP contribution in [-0.2, 0) is 11.2 Å². The molecule has 2 rings (SSSR count). The number of benzene rings is 2. The van der Waals surface area contributed by atoms with Crippen molar-refractivity contribution < 1.29 is 19.0 Å². The summed E-state index contributed by atoms with van der Waals surface area (Å²) >= 11 is 12.0. The summed E-state index contributed by atoms with van der Waals surface area (Å²) in [6.07, 6.45) is 0.0951. The number of rotatable bonds is 6. The largest absolute Gasteiger partial charge is 0.496 e. The van der Waals surface area contributed by atoms with Crippen molar-refractivity contribution in [3.05, 3.63) is 45.9 Å². The highest BCUT2D eigenvalue weighted by molar-refractivity contribution is 6.32.